The average Bonchev–Trinajstić information content (AvgIpc) is 2.05. The molecule has 0 bridgehead atoms. The maximum absolute atomic E-state index is 11.5. The van der Waals surface area contributed by atoms with Gasteiger partial charge in [0.05, 0.1) is 20.5 Å². The van der Waals surface area contributed by atoms with Crippen LogP contribution in [0.1, 0.15) is 27.7 Å². The van der Waals surface area contributed by atoms with Gasteiger partial charge in [-0.1, -0.05) is 4.48 Å². The van der Waals surface area contributed by atoms with Crippen LogP contribution in [-0.2, 0) is 14.3 Å². The zero-order chi connectivity index (χ0) is 11.4. The normalized spacial score (nSPS) is 10.9. The monoisotopic (exact) mass is 202 g/mol. The molecule has 14 heavy (non-hydrogen) atoms. The summed E-state index contributed by atoms with van der Waals surface area (Å²) in [6.45, 7) is 5.88. The van der Waals surface area contributed by atoms with E-state index in [0.717, 1.165) is 0 Å². The van der Waals surface area contributed by atoms with E-state index in [4.69, 9.17) is 4.74 Å². The Morgan fingerprint density at radius 3 is 1.71 bits per heavy atom. The van der Waals surface area contributed by atoms with Gasteiger partial charge < -0.3 is 4.74 Å². The van der Waals surface area contributed by atoms with E-state index in [1.165, 1.54) is 13.8 Å². The summed E-state index contributed by atoms with van der Waals surface area (Å²) in [4.78, 5) is 34.1. The molecule has 0 rings (SSSR count). The third-order valence-corrected chi connectivity index (χ3v) is 2.13. The second kappa shape index (κ2) is 4.85. The van der Waals surface area contributed by atoms with Gasteiger partial charge in [0.2, 0.25) is 0 Å². The lowest BCUT2D eigenvalue weighted by Crippen LogP contribution is -2.59. The standard InChI is InChI=1S/C9H16NO4/c1-5-10(7(3)11,8(4)12)9(13)14-6-2/h5-6H2,1-4H3/q+1. The summed E-state index contributed by atoms with van der Waals surface area (Å²) in [5.74, 6) is -1.03. The molecule has 0 aromatic rings. The molecular formula is C9H16NO4+. The van der Waals surface area contributed by atoms with Crippen LogP contribution in [-0.4, -0.2) is 35.5 Å². The number of hydrogen-bond donors (Lipinski definition) is 0. The fourth-order valence-corrected chi connectivity index (χ4v) is 1.29. The summed E-state index contributed by atoms with van der Waals surface area (Å²) in [6, 6.07) is 0. The Kier molecular flexibility index (Phi) is 4.43. The SMILES string of the molecule is CCOC(=O)[N+](CC)(C(C)=O)C(C)=O. The quantitative estimate of drug-likeness (QED) is 0.628. The van der Waals surface area contributed by atoms with Crippen molar-refractivity contribution in [2.24, 2.45) is 0 Å². The van der Waals surface area contributed by atoms with Crippen molar-refractivity contribution in [2.45, 2.75) is 27.7 Å². The number of nitrogens with zero attached hydrogens (tertiary/aromatic N) is 1. The van der Waals surface area contributed by atoms with Crippen LogP contribution in [0, 0.1) is 0 Å². The minimum Gasteiger partial charge on any atom is -0.420 e. The summed E-state index contributed by atoms with van der Waals surface area (Å²) in [6.07, 6.45) is -0.796. The van der Waals surface area contributed by atoms with Crippen molar-refractivity contribution in [3.05, 3.63) is 0 Å². The van der Waals surface area contributed by atoms with Crippen LogP contribution in [0.2, 0.25) is 0 Å². The van der Waals surface area contributed by atoms with Crippen LogP contribution < -0.4 is 0 Å². The number of hydrogen-bond acceptors (Lipinski definition) is 4. The minimum absolute atomic E-state index is 0.0868. The number of carbonyl (C=O) groups excluding carboxylic acids is 3. The molecule has 3 amide bonds. The molecule has 0 radical (unpaired) electrons. The van der Waals surface area contributed by atoms with E-state index in [0.29, 0.717) is 0 Å². The Labute approximate surface area is 83.2 Å². The predicted octanol–water partition coefficient (Wildman–Crippen LogP) is 1.07. The molecule has 0 saturated heterocycles. The van der Waals surface area contributed by atoms with Crippen molar-refractivity contribution < 1.29 is 23.6 Å². The summed E-state index contributed by atoms with van der Waals surface area (Å²) in [7, 11) is 0. The van der Waals surface area contributed by atoms with E-state index in [2.05, 4.69) is 0 Å². The molecule has 0 aliphatic rings. The molecular weight excluding hydrogens is 186 g/mol. The molecule has 0 aliphatic carbocycles. The van der Waals surface area contributed by atoms with E-state index in [1.807, 2.05) is 0 Å². The highest BCUT2D eigenvalue weighted by molar-refractivity contribution is 5.93. The fourth-order valence-electron chi connectivity index (χ4n) is 1.29. The van der Waals surface area contributed by atoms with Gasteiger partial charge in [-0.25, -0.2) is 9.59 Å². The molecule has 0 atom stereocenters. The first kappa shape index (κ1) is 12.8. The topological polar surface area (TPSA) is 60.4 Å². The Morgan fingerprint density at radius 1 is 1.07 bits per heavy atom. The van der Waals surface area contributed by atoms with E-state index in [-0.39, 0.29) is 13.2 Å². The number of quaternary nitrogens is 1. The van der Waals surface area contributed by atoms with Gasteiger partial charge in [-0.2, -0.15) is 4.79 Å². The lowest BCUT2D eigenvalue weighted by atomic mass is 10.3. The van der Waals surface area contributed by atoms with Crippen LogP contribution in [0.4, 0.5) is 4.79 Å². The molecule has 80 valence electrons. The molecule has 5 heteroatoms. The van der Waals surface area contributed by atoms with Crippen LogP contribution in [0.25, 0.3) is 0 Å². The van der Waals surface area contributed by atoms with Gasteiger partial charge >= 0.3 is 17.9 Å². The van der Waals surface area contributed by atoms with Gasteiger partial charge in [-0.3, -0.25) is 0 Å². The third kappa shape index (κ3) is 1.98. The molecule has 0 heterocycles. The zero-order valence-electron chi connectivity index (χ0n) is 8.99. The molecule has 0 saturated carbocycles. The van der Waals surface area contributed by atoms with Crippen molar-refractivity contribution in [3.8, 4) is 0 Å². The Balaban J connectivity index is 5.14. The Morgan fingerprint density at radius 2 is 1.50 bits per heavy atom. The lowest BCUT2D eigenvalue weighted by molar-refractivity contribution is -0.702. The molecule has 5 nitrogen and oxygen atoms in total. The van der Waals surface area contributed by atoms with Gasteiger partial charge in [0, 0.05) is 0 Å². The summed E-state index contributed by atoms with van der Waals surface area (Å²) in [5, 5.41) is 0. The van der Waals surface area contributed by atoms with Gasteiger partial charge in [0.1, 0.15) is 6.54 Å². The number of ether oxygens (including phenoxy) is 1. The van der Waals surface area contributed by atoms with E-state index in [1.54, 1.807) is 13.8 Å². The van der Waals surface area contributed by atoms with Crippen molar-refractivity contribution in [1.29, 1.82) is 0 Å². The predicted molar refractivity (Wildman–Crippen MR) is 49.2 cm³/mol. The van der Waals surface area contributed by atoms with Crippen LogP contribution in [0.15, 0.2) is 0 Å². The highest BCUT2D eigenvalue weighted by Gasteiger charge is 2.47. The highest BCUT2D eigenvalue weighted by atomic mass is 16.6. The zero-order valence-corrected chi connectivity index (χ0v) is 8.99. The van der Waals surface area contributed by atoms with Crippen LogP contribution in [0.5, 0.6) is 0 Å². The molecule has 0 fully saturated rings. The van der Waals surface area contributed by atoms with Crippen molar-refractivity contribution in [3.63, 3.8) is 0 Å². The molecule has 0 aliphatic heterocycles. The van der Waals surface area contributed by atoms with Gasteiger partial charge in [0.15, 0.2) is 0 Å². The van der Waals surface area contributed by atoms with Gasteiger partial charge in [-0.05, 0) is 13.8 Å². The molecule has 0 unspecified atom stereocenters. The van der Waals surface area contributed by atoms with E-state index >= 15 is 0 Å². The molecule has 0 spiro atoms. The number of carbonyl (C=O) groups is 3. The first-order valence-corrected chi connectivity index (χ1v) is 4.51. The second-order valence-electron chi connectivity index (χ2n) is 2.86. The van der Waals surface area contributed by atoms with E-state index < -0.39 is 22.4 Å². The molecule has 0 aromatic carbocycles. The maximum atomic E-state index is 11.5. The van der Waals surface area contributed by atoms with Gasteiger partial charge in [0.25, 0.3) is 0 Å². The van der Waals surface area contributed by atoms with Gasteiger partial charge in [-0.15, -0.1) is 0 Å². The molecule has 0 N–H and O–H groups in total. The first-order valence-electron chi connectivity index (χ1n) is 4.51. The largest absolute Gasteiger partial charge is 0.531 e. The lowest BCUT2D eigenvalue weighted by Gasteiger charge is -2.25. The number of imide groups is 3. The smallest absolute Gasteiger partial charge is 0.420 e. The summed E-state index contributed by atoms with van der Waals surface area (Å²) in [5.41, 5.74) is 0. The first-order chi connectivity index (χ1) is 6.43. The second-order valence-corrected chi connectivity index (χ2v) is 2.86. The minimum atomic E-state index is -0.867. The number of amides is 3. The average molecular weight is 202 g/mol. The Hall–Kier alpha value is -1.23. The number of rotatable bonds is 2. The Bertz CT molecular complexity index is 246. The summed E-state index contributed by atoms with van der Waals surface area (Å²) < 4.78 is 3.85. The van der Waals surface area contributed by atoms with Crippen LogP contribution >= 0.6 is 0 Å². The highest BCUT2D eigenvalue weighted by Crippen LogP contribution is 2.11. The summed E-state index contributed by atoms with van der Waals surface area (Å²) >= 11 is 0. The van der Waals surface area contributed by atoms with E-state index in [9.17, 15) is 14.4 Å². The van der Waals surface area contributed by atoms with Crippen molar-refractivity contribution >= 4 is 17.9 Å². The molecule has 0 aromatic heterocycles. The van der Waals surface area contributed by atoms with Crippen LogP contribution in [0.3, 0.4) is 0 Å². The van der Waals surface area contributed by atoms with Crippen molar-refractivity contribution in [1.82, 2.24) is 0 Å². The van der Waals surface area contributed by atoms with Crippen molar-refractivity contribution in [2.75, 3.05) is 13.2 Å². The maximum Gasteiger partial charge on any atom is 0.531 e. The fraction of sp³-hybridized carbons (Fsp3) is 0.667. The third-order valence-electron chi connectivity index (χ3n) is 2.13.